The zero-order chi connectivity index (χ0) is 12.4. The second-order valence-corrected chi connectivity index (χ2v) is 4.32. The maximum absolute atomic E-state index is 10.9. The zero-order valence-electron chi connectivity index (χ0n) is 8.73. The fourth-order valence-electron chi connectivity index (χ4n) is 1.60. The van der Waals surface area contributed by atoms with E-state index in [0.717, 1.165) is 5.56 Å². The number of hydrogen-bond donors (Lipinski definition) is 1. The quantitative estimate of drug-likeness (QED) is 0.926. The number of benzene rings is 1. The van der Waals surface area contributed by atoms with Crippen molar-refractivity contribution in [3.8, 4) is 0 Å². The molecule has 0 bridgehead atoms. The van der Waals surface area contributed by atoms with Crippen LogP contribution >= 0.6 is 23.2 Å². The lowest BCUT2D eigenvalue weighted by Gasteiger charge is -2.09. The number of nitrogens with zero attached hydrogens (tertiary/aromatic N) is 1. The number of aromatic nitrogens is 1. The Bertz CT molecular complexity index is 563. The summed E-state index contributed by atoms with van der Waals surface area (Å²) in [5.41, 5.74) is 1.01. The number of carbonyl (C=O) groups is 1. The second kappa shape index (κ2) is 4.82. The molecule has 0 fully saturated rings. The zero-order valence-corrected chi connectivity index (χ0v) is 10.2. The first-order valence-electron chi connectivity index (χ1n) is 4.91. The molecule has 88 valence electrons. The van der Waals surface area contributed by atoms with Gasteiger partial charge in [-0.1, -0.05) is 35.3 Å². The van der Waals surface area contributed by atoms with Crippen LogP contribution in [0.2, 0.25) is 10.0 Å². The highest BCUT2D eigenvalue weighted by atomic mass is 35.5. The highest BCUT2D eigenvalue weighted by molar-refractivity contribution is 6.42. The van der Waals surface area contributed by atoms with Crippen LogP contribution < -0.4 is 0 Å². The number of rotatable bonds is 3. The van der Waals surface area contributed by atoms with Crippen molar-refractivity contribution < 1.29 is 9.90 Å². The van der Waals surface area contributed by atoms with Crippen molar-refractivity contribution in [2.75, 3.05) is 0 Å². The monoisotopic (exact) mass is 269 g/mol. The normalized spacial score (nSPS) is 10.5. The second-order valence-electron chi connectivity index (χ2n) is 3.54. The highest BCUT2D eigenvalue weighted by Gasteiger charge is 2.11. The lowest BCUT2D eigenvalue weighted by molar-refractivity contribution is 0.0685. The van der Waals surface area contributed by atoms with E-state index in [4.69, 9.17) is 28.3 Å². The molecule has 2 rings (SSSR count). The van der Waals surface area contributed by atoms with Crippen LogP contribution in [0.1, 0.15) is 16.1 Å². The van der Waals surface area contributed by atoms with E-state index >= 15 is 0 Å². The van der Waals surface area contributed by atoms with Gasteiger partial charge in [0.25, 0.3) is 0 Å². The number of aromatic carboxylic acids is 1. The predicted octanol–water partition coefficient (Wildman–Crippen LogP) is 3.54. The van der Waals surface area contributed by atoms with Gasteiger partial charge < -0.3 is 9.67 Å². The molecule has 17 heavy (non-hydrogen) atoms. The van der Waals surface area contributed by atoms with Crippen molar-refractivity contribution in [2.24, 2.45) is 0 Å². The summed E-state index contributed by atoms with van der Waals surface area (Å²) in [6.45, 7) is 0.383. The third-order valence-corrected chi connectivity index (χ3v) is 3.28. The molecule has 1 heterocycles. The van der Waals surface area contributed by atoms with E-state index in [2.05, 4.69) is 0 Å². The molecule has 1 aromatic heterocycles. The van der Waals surface area contributed by atoms with Gasteiger partial charge in [0.15, 0.2) is 0 Å². The minimum absolute atomic E-state index is 0.223. The molecular weight excluding hydrogens is 261 g/mol. The Labute approximate surface area is 108 Å². The Morgan fingerprint density at radius 3 is 2.71 bits per heavy atom. The van der Waals surface area contributed by atoms with Crippen LogP contribution in [0.25, 0.3) is 0 Å². The van der Waals surface area contributed by atoms with E-state index in [1.54, 1.807) is 35.0 Å². The summed E-state index contributed by atoms with van der Waals surface area (Å²) in [4.78, 5) is 10.9. The summed E-state index contributed by atoms with van der Waals surface area (Å²) >= 11 is 11.9. The summed E-state index contributed by atoms with van der Waals surface area (Å²) in [6, 6.07) is 8.52. The first-order valence-corrected chi connectivity index (χ1v) is 5.66. The molecule has 0 aliphatic rings. The molecule has 3 nitrogen and oxygen atoms in total. The van der Waals surface area contributed by atoms with Gasteiger partial charge in [0.1, 0.15) is 5.69 Å². The Morgan fingerprint density at radius 2 is 2.00 bits per heavy atom. The third kappa shape index (κ3) is 2.46. The highest BCUT2D eigenvalue weighted by Crippen LogP contribution is 2.26. The Kier molecular flexibility index (Phi) is 3.41. The van der Waals surface area contributed by atoms with Crippen LogP contribution in [0.3, 0.4) is 0 Å². The van der Waals surface area contributed by atoms with E-state index in [-0.39, 0.29) is 5.69 Å². The van der Waals surface area contributed by atoms with Crippen LogP contribution in [-0.2, 0) is 6.54 Å². The van der Waals surface area contributed by atoms with Crippen molar-refractivity contribution in [3.63, 3.8) is 0 Å². The SMILES string of the molecule is O=C(O)c1cccn1Cc1cccc(Cl)c1Cl. The van der Waals surface area contributed by atoms with E-state index < -0.39 is 5.97 Å². The van der Waals surface area contributed by atoms with E-state index in [0.29, 0.717) is 16.6 Å². The molecule has 0 aliphatic carbocycles. The molecule has 1 N–H and O–H groups in total. The maximum Gasteiger partial charge on any atom is 0.352 e. The van der Waals surface area contributed by atoms with Gasteiger partial charge in [-0.25, -0.2) is 4.79 Å². The van der Waals surface area contributed by atoms with Gasteiger partial charge in [-0.2, -0.15) is 0 Å². The molecule has 0 aliphatic heterocycles. The van der Waals surface area contributed by atoms with Crippen LogP contribution in [0, 0.1) is 0 Å². The van der Waals surface area contributed by atoms with Gasteiger partial charge in [0.2, 0.25) is 0 Å². The average Bonchev–Trinajstić information content (AvgIpc) is 2.73. The molecular formula is C12H9Cl2NO2. The van der Waals surface area contributed by atoms with Gasteiger partial charge >= 0.3 is 5.97 Å². The van der Waals surface area contributed by atoms with E-state index in [9.17, 15) is 4.79 Å². The first kappa shape index (κ1) is 12.0. The van der Waals surface area contributed by atoms with E-state index in [1.807, 2.05) is 6.07 Å². The molecule has 0 saturated carbocycles. The summed E-state index contributed by atoms with van der Waals surface area (Å²) < 4.78 is 1.61. The smallest absolute Gasteiger partial charge is 0.352 e. The van der Waals surface area contributed by atoms with Gasteiger partial charge in [-0.3, -0.25) is 0 Å². The number of carboxylic acids is 1. The fourth-order valence-corrected chi connectivity index (χ4v) is 1.98. The third-order valence-electron chi connectivity index (χ3n) is 2.42. The topological polar surface area (TPSA) is 42.2 Å². The fraction of sp³-hybridized carbons (Fsp3) is 0.0833. The van der Waals surface area contributed by atoms with Crippen molar-refractivity contribution in [1.82, 2.24) is 4.57 Å². The molecule has 0 amide bonds. The van der Waals surface area contributed by atoms with Gasteiger partial charge in [-0.15, -0.1) is 0 Å². The van der Waals surface area contributed by atoms with Gasteiger partial charge in [-0.05, 0) is 23.8 Å². The van der Waals surface area contributed by atoms with Crippen molar-refractivity contribution in [2.45, 2.75) is 6.54 Å². The molecule has 1 aromatic carbocycles. The lowest BCUT2D eigenvalue weighted by atomic mass is 10.2. The summed E-state index contributed by atoms with van der Waals surface area (Å²) in [5, 5.41) is 9.90. The van der Waals surface area contributed by atoms with Crippen LogP contribution in [0.4, 0.5) is 0 Å². The Balaban J connectivity index is 2.35. The minimum Gasteiger partial charge on any atom is -0.477 e. The molecule has 2 aromatic rings. The minimum atomic E-state index is -0.965. The number of hydrogen-bond acceptors (Lipinski definition) is 1. The molecule has 5 heteroatoms. The van der Waals surface area contributed by atoms with Gasteiger partial charge in [0, 0.05) is 12.7 Å². The van der Waals surface area contributed by atoms with Crippen LogP contribution in [-0.4, -0.2) is 15.6 Å². The van der Waals surface area contributed by atoms with Crippen molar-refractivity contribution in [1.29, 1.82) is 0 Å². The Morgan fingerprint density at radius 1 is 1.24 bits per heavy atom. The number of carboxylic acid groups (broad SMARTS) is 1. The van der Waals surface area contributed by atoms with Gasteiger partial charge in [0.05, 0.1) is 10.0 Å². The largest absolute Gasteiger partial charge is 0.477 e. The summed E-state index contributed by atoms with van der Waals surface area (Å²) in [7, 11) is 0. The Hall–Kier alpha value is -1.45. The first-order chi connectivity index (χ1) is 8.09. The van der Waals surface area contributed by atoms with Crippen molar-refractivity contribution >= 4 is 29.2 Å². The molecule has 0 saturated heterocycles. The average molecular weight is 270 g/mol. The standard InChI is InChI=1S/C12H9Cl2NO2/c13-9-4-1-3-8(11(9)14)7-15-6-2-5-10(15)12(16)17/h1-6H,7H2,(H,16,17). The predicted molar refractivity (Wildman–Crippen MR) is 67.0 cm³/mol. The molecule has 0 atom stereocenters. The van der Waals surface area contributed by atoms with Crippen molar-refractivity contribution in [3.05, 3.63) is 57.8 Å². The molecule has 0 spiro atoms. The van der Waals surface area contributed by atoms with Crippen LogP contribution in [0.5, 0.6) is 0 Å². The molecule has 0 unspecified atom stereocenters. The van der Waals surface area contributed by atoms with E-state index in [1.165, 1.54) is 0 Å². The molecule has 0 radical (unpaired) electrons. The summed E-state index contributed by atoms with van der Waals surface area (Å²) in [6.07, 6.45) is 1.70. The maximum atomic E-state index is 10.9. The lowest BCUT2D eigenvalue weighted by Crippen LogP contribution is -2.08. The summed E-state index contributed by atoms with van der Waals surface area (Å²) in [5.74, 6) is -0.965. The number of halogens is 2. The van der Waals surface area contributed by atoms with Crippen LogP contribution in [0.15, 0.2) is 36.5 Å².